The number of nitrogens with one attached hydrogen (secondary N) is 1. The zero-order valence-electron chi connectivity index (χ0n) is 14.1. The molecule has 1 atom stereocenters. The molecule has 0 aliphatic carbocycles. The molecule has 0 radical (unpaired) electrons. The van der Waals surface area contributed by atoms with Gasteiger partial charge in [0.1, 0.15) is 0 Å². The summed E-state index contributed by atoms with van der Waals surface area (Å²) < 4.78 is 6.92. The lowest BCUT2D eigenvalue weighted by atomic mass is 10.1. The van der Waals surface area contributed by atoms with Crippen molar-refractivity contribution in [2.75, 3.05) is 31.6 Å². The molecule has 0 saturated carbocycles. The summed E-state index contributed by atoms with van der Waals surface area (Å²) in [5.74, 6) is 1.10. The standard InChI is InChI=1S/C17H17Cl2N5O2/c1-10-8-14(25)24-15(12-3-2-11(18)9-13(12)19)21-16(22-17(24)20-10)23-4-6-26-7-5-23/h2-3,8-9,15H,4-7H2,1H3,(H,20,21,22). The smallest absolute Gasteiger partial charge is 0.257 e. The lowest BCUT2D eigenvalue weighted by Gasteiger charge is -2.34. The summed E-state index contributed by atoms with van der Waals surface area (Å²) in [6.07, 6.45) is -0.616. The van der Waals surface area contributed by atoms with Gasteiger partial charge >= 0.3 is 0 Å². The minimum absolute atomic E-state index is 0.194. The van der Waals surface area contributed by atoms with Crippen LogP contribution in [-0.4, -0.2) is 46.7 Å². The fourth-order valence-electron chi connectivity index (χ4n) is 3.09. The number of nitrogens with zero attached hydrogens (tertiary/aromatic N) is 4. The Labute approximate surface area is 160 Å². The summed E-state index contributed by atoms with van der Waals surface area (Å²) in [4.78, 5) is 24.0. The first kappa shape index (κ1) is 17.3. The van der Waals surface area contributed by atoms with E-state index in [0.29, 0.717) is 59.5 Å². The zero-order chi connectivity index (χ0) is 18.3. The zero-order valence-corrected chi connectivity index (χ0v) is 15.6. The molecule has 136 valence electrons. The van der Waals surface area contributed by atoms with Crippen LogP contribution in [0, 0.1) is 6.92 Å². The Hall–Kier alpha value is -2.09. The maximum absolute atomic E-state index is 12.6. The van der Waals surface area contributed by atoms with Gasteiger partial charge in [-0.25, -0.2) is 9.98 Å². The molecule has 0 bridgehead atoms. The third-order valence-corrected chi connectivity index (χ3v) is 4.91. The normalized spacial score (nSPS) is 19.6. The van der Waals surface area contributed by atoms with Crippen molar-refractivity contribution in [1.82, 2.24) is 14.5 Å². The summed E-state index contributed by atoms with van der Waals surface area (Å²) in [6, 6.07) is 6.66. The molecule has 7 nitrogen and oxygen atoms in total. The molecule has 1 N–H and O–H groups in total. The predicted molar refractivity (Wildman–Crippen MR) is 101 cm³/mol. The number of anilines is 1. The lowest BCUT2D eigenvalue weighted by Crippen LogP contribution is -2.47. The van der Waals surface area contributed by atoms with E-state index in [-0.39, 0.29) is 5.56 Å². The summed E-state index contributed by atoms with van der Waals surface area (Å²) in [7, 11) is 0. The van der Waals surface area contributed by atoms with Gasteiger partial charge in [-0.3, -0.25) is 14.7 Å². The van der Waals surface area contributed by atoms with E-state index in [1.54, 1.807) is 25.1 Å². The van der Waals surface area contributed by atoms with Crippen molar-refractivity contribution >= 4 is 35.1 Å². The highest BCUT2D eigenvalue weighted by Gasteiger charge is 2.29. The number of aliphatic imine (C=N–C) groups is 1. The van der Waals surface area contributed by atoms with E-state index in [1.165, 1.54) is 10.6 Å². The van der Waals surface area contributed by atoms with E-state index in [0.717, 1.165) is 0 Å². The molecule has 26 heavy (non-hydrogen) atoms. The van der Waals surface area contributed by atoms with Crippen molar-refractivity contribution in [3.8, 4) is 0 Å². The third-order valence-electron chi connectivity index (χ3n) is 4.34. The molecule has 4 rings (SSSR count). The Morgan fingerprint density at radius 1 is 1.23 bits per heavy atom. The number of aromatic nitrogens is 2. The van der Waals surface area contributed by atoms with Crippen LogP contribution in [0.1, 0.15) is 17.4 Å². The lowest BCUT2D eigenvalue weighted by molar-refractivity contribution is 0.0675. The van der Waals surface area contributed by atoms with Crippen molar-refractivity contribution < 1.29 is 4.74 Å². The van der Waals surface area contributed by atoms with Gasteiger partial charge in [0.25, 0.3) is 5.56 Å². The number of halogens is 2. The molecule has 2 aromatic rings. The maximum atomic E-state index is 12.6. The van der Waals surface area contributed by atoms with Gasteiger partial charge in [0, 0.05) is 40.5 Å². The quantitative estimate of drug-likeness (QED) is 0.805. The topological polar surface area (TPSA) is 71.8 Å². The van der Waals surface area contributed by atoms with E-state index >= 15 is 0 Å². The highest BCUT2D eigenvalue weighted by molar-refractivity contribution is 6.35. The van der Waals surface area contributed by atoms with Gasteiger partial charge in [0.05, 0.1) is 13.2 Å². The molecular formula is C17H17Cl2N5O2. The van der Waals surface area contributed by atoms with Gasteiger partial charge in [-0.05, 0) is 19.1 Å². The van der Waals surface area contributed by atoms with Crippen molar-refractivity contribution in [3.05, 3.63) is 55.9 Å². The van der Waals surface area contributed by atoms with Crippen LogP contribution >= 0.6 is 23.2 Å². The Balaban J connectivity index is 1.86. The third kappa shape index (κ3) is 3.18. The highest BCUT2D eigenvalue weighted by atomic mass is 35.5. The van der Waals surface area contributed by atoms with E-state index in [1.807, 2.05) is 0 Å². The van der Waals surface area contributed by atoms with Crippen molar-refractivity contribution in [1.29, 1.82) is 0 Å². The molecular weight excluding hydrogens is 377 g/mol. The van der Waals surface area contributed by atoms with Gasteiger partial charge in [0.15, 0.2) is 6.17 Å². The summed E-state index contributed by atoms with van der Waals surface area (Å²) in [5, 5.41) is 4.16. The minimum Gasteiger partial charge on any atom is -0.378 e. The molecule has 1 fully saturated rings. The monoisotopic (exact) mass is 393 g/mol. The van der Waals surface area contributed by atoms with Crippen molar-refractivity contribution in [3.63, 3.8) is 0 Å². The number of fused-ring (bicyclic) bond motifs is 1. The molecule has 9 heteroatoms. The number of ether oxygens (including phenoxy) is 1. The number of guanidine groups is 1. The first-order chi connectivity index (χ1) is 12.5. The SMILES string of the molecule is Cc1cc(=O)n2c(n1)NC(N1CCOCC1)=NC2c1ccc(Cl)cc1Cl. The van der Waals surface area contributed by atoms with Gasteiger partial charge in [0.2, 0.25) is 11.9 Å². The Morgan fingerprint density at radius 3 is 2.73 bits per heavy atom. The van der Waals surface area contributed by atoms with Crippen LogP contribution in [0.5, 0.6) is 0 Å². The second-order valence-electron chi connectivity index (χ2n) is 6.15. The van der Waals surface area contributed by atoms with Gasteiger partial charge in [-0.1, -0.05) is 29.3 Å². The molecule has 1 saturated heterocycles. The molecule has 1 aromatic heterocycles. The molecule has 1 aromatic carbocycles. The van der Waals surface area contributed by atoms with E-state index in [9.17, 15) is 4.79 Å². The first-order valence-electron chi connectivity index (χ1n) is 8.25. The van der Waals surface area contributed by atoms with Crippen molar-refractivity contribution in [2.24, 2.45) is 4.99 Å². The number of benzene rings is 1. The van der Waals surface area contributed by atoms with Crippen LogP contribution in [0.4, 0.5) is 5.95 Å². The minimum atomic E-state index is -0.616. The fraction of sp³-hybridized carbons (Fsp3) is 0.353. The Morgan fingerprint density at radius 2 is 2.00 bits per heavy atom. The van der Waals surface area contributed by atoms with Gasteiger partial charge < -0.3 is 9.64 Å². The predicted octanol–water partition coefficient (Wildman–Crippen LogP) is 2.52. The Kier molecular flexibility index (Phi) is 4.60. The van der Waals surface area contributed by atoms with Gasteiger partial charge in [-0.15, -0.1) is 0 Å². The fourth-order valence-corrected chi connectivity index (χ4v) is 3.60. The van der Waals surface area contributed by atoms with Crippen LogP contribution in [0.25, 0.3) is 0 Å². The summed E-state index contributed by atoms with van der Waals surface area (Å²) in [6.45, 7) is 4.46. The average Bonchev–Trinajstić information content (AvgIpc) is 2.61. The number of hydrogen-bond donors (Lipinski definition) is 1. The van der Waals surface area contributed by atoms with E-state index in [2.05, 4.69) is 15.2 Å². The summed E-state index contributed by atoms with van der Waals surface area (Å²) in [5.41, 5.74) is 1.14. The average molecular weight is 394 g/mol. The molecule has 1 unspecified atom stereocenters. The molecule has 2 aliphatic rings. The molecule has 0 amide bonds. The van der Waals surface area contributed by atoms with Crippen molar-refractivity contribution in [2.45, 2.75) is 13.1 Å². The molecule has 3 heterocycles. The number of aryl methyl sites for hydroxylation is 1. The number of morpholine rings is 1. The van der Waals surface area contributed by atoms with Crippen LogP contribution in [0.15, 0.2) is 34.1 Å². The van der Waals surface area contributed by atoms with Crippen LogP contribution in [-0.2, 0) is 4.74 Å². The second kappa shape index (κ2) is 6.90. The Bertz CT molecular complexity index is 937. The molecule has 2 aliphatic heterocycles. The highest BCUT2D eigenvalue weighted by Crippen LogP contribution is 2.32. The number of hydrogen-bond acceptors (Lipinski definition) is 6. The maximum Gasteiger partial charge on any atom is 0.257 e. The first-order valence-corrected chi connectivity index (χ1v) is 9.01. The van der Waals surface area contributed by atoms with Crippen LogP contribution in [0.2, 0.25) is 10.0 Å². The largest absolute Gasteiger partial charge is 0.378 e. The van der Waals surface area contributed by atoms with Crippen LogP contribution < -0.4 is 10.9 Å². The van der Waals surface area contributed by atoms with Gasteiger partial charge in [-0.2, -0.15) is 0 Å². The van der Waals surface area contributed by atoms with E-state index in [4.69, 9.17) is 32.9 Å². The van der Waals surface area contributed by atoms with E-state index < -0.39 is 6.17 Å². The van der Waals surface area contributed by atoms with Crippen LogP contribution in [0.3, 0.4) is 0 Å². The summed E-state index contributed by atoms with van der Waals surface area (Å²) >= 11 is 12.4. The second-order valence-corrected chi connectivity index (χ2v) is 6.99. The molecule has 0 spiro atoms. The number of rotatable bonds is 1.